The van der Waals surface area contributed by atoms with E-state index in [1.807, 2.05) is 29.8 Å². The van der Waals surface area contributed by atoms with Gasteiger partial charge in [-0.15, -0.1) is 0 Å². The highest BCUT2D eigenvalue weighted by Crippen LogP contribution is 2.16. The van der Waals surface area contributed by atoms with Crippen molar-refractivity contribution in [2.45, 2.75) is 6.42 Å². The third kappa shape index (κ3) is 1.85. The van der Waals surface area contributed by atoms with Crippen LogP contribution < -0.4 is 0 Å². The molecule has 2 heterocycles. The number of rotatable bonds is 2. The second-order valence-corrected chi connectivity index (χ2v) is 3.84. The van der Waals surface area contributed by atoms with Crippen LogP contribution in [0.3, 0.4) is 0 Å². The van der Waals surface area contributed by atoms with Gasteiger partial charge < -0.3 is 4.57 Å². The van der Waals surface area contributed by atoms with Crippen LogP contribution in [0.1, 0.15) is 11.4 Å². The molecule has 4 heteroatoms. The average Bonchev–Trinajstić information content (AvgIpc) is 2.52. The third-order valence-electron chi connectivity index (χ3n) is 2.01. The first kappa shape index (κ1) is 9.40. The maximum atomic E-state index is 4.29. The smallest absolute Gasteiger partial charge is 0.108 e. The molecule has 0 bridgehead atoms. The average molecular weight is 252 g/mol. The third-order valence-corrected chi connectivity index (χ3v) is 3.03. The molecule has 0 aromatic carbocycles. The predicted octanol–water partition coefficient (Wildman–Crippen LogP) is 2.17. The number of halogens is 1. The summed E-state index contributed by atoms with van der Waals surface area (Å²) >= 11 is 3.48. The summed E-state index contributed by atoms with van der Waals surface area (Å²) < 4.78 is 2.96. The van der Waals surface area contributed by atoms with Gasteiger partial charge in [0.05, 0.1) is 12.0 Å². The van der Waals surface area contributed by atoms with Gasteiger partial charge in [-0.25, -0.2) is 4.98 Å². The molecule has 0 atom stereocenters. The summed E-state index contributed by atoms with van der Waals surface area (Å²) in [6.45, 7) is 0. The largest absolute Gasteiger partial charge is 0.328 e. The van der Waals surface area contributed by atoms with Crippen molar-refractivity contribution in [3.8, 4) is 0 Å². The van der Waals surface area contributed by atoms with Crippen molar-refractivity contribution in [2.24, 2.45) is 7.05 Å². The minimum Gasteiger partial charge on any atom is -0.328 e. The fourth-order valence-corrected chi connectivity index (χ4v) is 1.59. The second kappa shape index (κ2) is 3.92. The molecule has 0 saturated heterocycles. The number of hydrogen-bond acceptors (Lipinski definition) is 2. The van der Waals surface area contributed by atoms with Crippen LogP contribution >= 0.6 is 15.9 Å². The predicted molar refractivity (Wildman–Crippen MR) is 58.0 cm³/mol. The van der Waals surface area contributed by atoms with Gasteiger partial charge in [0.2, 0.25) is 0 Å². The minimum absolute atomic E-state index is 0.766. The zero-order valence-corrected chi connectivity index (χ0v) is 9.40. The van der Waals surface area contributed by atoms with Gasteiger partial charge in [0.1, 0.15) is 4.60 Å². The van der Waals surface area contributed by atoms with Gasteiger partial charge in [-0.1, -0.05) is 6.07 Å². The first-order chi connectivity index (χ1) is 6.77. The van der Waals surface area contributed by atoms with Crippen LogP contribution in [-0.4, -0.2) is 14.5 Å². The molecule has 0 unspecified atom stereocenters. The van der Waals surface area contributed by atoms with Crippen molar-refractivity contribution in [3.63, 3.8) is 0 Å². The van der Waals surface area contributed by atoms with Gasteiger partial charge in [-0.05, 0) is 28.1 Å². The first-order valence-electron chi connectivity index (χ1n) is 4.33. The minimum atomic E-state index is 0.766. The summed E-state index contributed by atoms with van der Waals surface area (Å²) in [5, 5.41) is 0. The molecular weight excluding hydrogens is 242 g/mol. The van der Waals surface area contributed by atoms with Gasteiger partial charge in [0.15, 0.2) is 0 Å². The Labute approximate surface area is 90.9 Å². The molecule has 0 amide bonds. The normalized spacial score (nSPS) is 10.4. The number of pyridine rings is 1. The topological polar surface area (TPSA) is 30.7 Å². The van der Waals surface area contributed by atoms with E-state index in [4.69, 9.17) is 0 Å². The monoisotopic (exact) mass is 251 g/mol. The molecular formula is C10H10BrN3. The van der Waals surface area contributed by atoms with Gasteiger partial charge in [-0.3, -0.25) is 4.98 Å². The summed E-state index contributed by atoms with van der Waals surface area (Å²) in [5.41, 5.74) is 2.05. The molecule has 2 aromatic rings. The Morgan fingerprint density at radius 2 is 2.21 bits per heavy atom. The lowest BCUT2D eigenvalue weighted by atomic mass is 10.2. The standard InChI is InChI=1S/C10H10BrN3/c1-14-7-13-9(10(14)11)6-8-4-2-3-5-12-8/h2-5,7H,6H2,1H3. The van der Waals surface area contributed by atoms with E-state index in [0.717, 1.165) is 22.4 Å². The Morgan fingerprint density at radius 1 is 1.36 bits per heavy atom. The molecule has 0 N–H and O–H groups in total. The van der Waals surface area contributed by atoms with Gasteiger partial charge in [0.25, 0.3) is 0 Å². The molecule has 0 radical (unpaired) electrons. The van der Waals surface area contributed by atoms with Crippen molar-refractivity contribution in [1.82, 2.24) is 14.5 Å². The zero-order valence-electron chi connectivity index (χ0n) is 7.81. The lowest BCUT2D eigenvalue weighted by Crippen LogP contribution is -1.93. The van der Waals surface area contributed by atoms with Crippen molar-refractivity contribution >= 4 is 15.9 Å². The highest BCUT2D eigenvalue weighted by atomic mass is 79.9. The van der Waals surface area contributed by atoms with E-state index in [9.17, 15) is 0 Å². The molecule has 14 heavy (non-hydrogen) atoms. The van der Waals surface area contributed by atoms with E-state index in [-0.39, 0.29) is 0 Å². The number of hydrogen-bond donors (Lipinski definition) is 0. The fourth-order valence-electron chi connectivity index (χ4n) is 1.26. The number of imidazole rings is 1. The van der Waals surface area contributed by atoms with Crippen LogP contribution in [0.2, 0.25) is 0 Å². The molecule has 0 spiro atoms. The van der Waals surface area contributed by atoms with E-state index in [1.165, 1.54) is 0 Å². The molecule has 0 aliphatic rings. The van der Waals surface area contributed by atoms with Crippen LogP contribution in [0.5, 0.6) is 0 Å². The van der Waals surface area contributed by atoms with Crippen molar-refractivity contribution < 1.29 is 0 Å². The Balaban J connectivity index is 2.23. The molecule has 0 aliphatic carbocycles. The van der Waals surface area contributed by atoms with Gasteiger partial charge in [-0.2, -0.15) is 0 Å². The number of nitrogens with zero attached hydrogens (tertiary/aromatic N) is 3. The molecule has 0 saturated carbocycles. The summed E-state index contributed by atoms with van der Waals surface area (Å²) in [7, 11) is 1.96. The Morgan fingerprint density at radius 3 is 2.79 bits per heavy atom. The molecule has 2 aromatic heterocycles. The van der Waals surface area contributed by atoms with Crippen molar-refractivity contribution in [2.75, 3.05) is 0 Å². The maximum absolute atomic E-state index is 4.29. The van der Waals surface area contributed by atoms with Crippen LogP contribution in [0.25, 0.3) is 0 Å². The SMILES string of the molecule is Cn1cnc(Cc2ccccn2)c1Br. The highest BCUT2D eigenvalue weighted by Gasteiger charge is 2.06. The summed E-state index contributed by atoms with van der Waals surface area (Å²) in [5.74, 6) is 0. The van der Waals surface area contributed by atoms with Crippen LogP contribution in [0, 0.1) is 0 Å². The van der Waals surface area contributed by atoms with Crippen LogP contribution in [0.15, 0.2) is 35.3 Å². The van der Waals surface area contributed by atoms with E-state index in [2.05, 4.69) is 25.9 Å². The molecule has 72 valence electrons. The van der Waals surface area contributed by atoms with Crippen molar-refractivity contribution in [3.05, 3.63) is 46.7 Å². The van der Waals surface area contributed by atoms with E-state index in [1.54, 1.807) is 12.5 Å². The maximum Gasteiger partial charge on any atom is 0.108 e. The number of aryl methyl sites for hydroxylation is 1. The van der Waals surface area contributed by atoms with Crippen LogP contribution in [0.4, 0.5) is 0 Å². The van der Waals surface area contributed by atoms with Crippen LogP contribution in [-0.2, 0) is 13.5 Å². The van der Waals surface area contributed by atoms with Crippen molar-refractivity contribution in [1.29, 1.82) is 0 Å². The lowest BCUT2D eigenvalue weighted by molar-refractivity contribution is 0.886. The first-order valence-corrected chi connectivity index (χ1v) is 5.12. The van der Waals surface area contributed by atoms with Gasteiger partial charge >= 0.3 is 0 Å². The summed E-state index contributed by atoms with van der Waals surface area (Å²) in [4.78, 5) is 8.54. The Hall–Kier alpha value is -1.16. The fraction of sp³-hybridized carbons (Fsp3) is 0.200. The Kier molecular flexibility index (Phi) is 2.63. The zero-order chi connectivity index (χ0) is 9.97. The summed E-state index contributed by atoms with van der Waals surface area (Å²) in [6.07, 6.45) is 4.36. The Bertz CT molecular complexity index is 422. The van der Waals surface area contributed by atoms with E-state index < -0.39 is 0 Å². The van der Waals surface area contributed by atoms with E-state index in [0.29, 0.717) is 0 Å². The molecule has 0 fully saturated rings. The molecule has 2 rings (SSSR count). The number of aromatic nitrogens is 3. The lowest BCUT2D eigenvalue weighted by Gasteiger charge is -1.98. The van der Waals surface area contributed by atoms with E-state index >= 15 is 0 Å². The highest BCUT2D eigenvalue weighted by molar-refractivity contribution is 9.10. The second-order valence-electron chi connectivity index (χ2n) is 3.09. The summed E-state index contributed by atoms with van der Waals surface area (Å²) in [6, 6.07) is 5.90. The molecule has 0 aliphatic heterocycles. The quantitative estimate of drug-likeness (QED) is 0.820. The van der Waals surface area contributed by atoms with Gasteiger partial charge in [0, 0.05) is 25.4 Å². The molecule has 3 nitrogen and oxygen atoms in total.